The Labute approximate surface area is 108 Å². The Balaban J connectivity index is 1.92. The standard InChI is InChI=1S/C14H21NOS/c1-13(2)10-17-14(3,15-13)9-8-11-4-6-12(16)7-5-11/h4-7,15-16H,8-10H2,1-3H3. The molecule has 1 aromatic carbocycles. The van der Waals surface area contributed by atoms with Gasteiger partial charge in [0, 0.05) is 11.3 Å². The number of hydrogen-bond acceptors (Lipinski definition) is 3. The van der Waals surface area contributed by atoms with Gasteiger partial charge in [-0.15, -0.1) is 11.8 Å². The molecule has 1 saturated heterocycles. The second-order valence-corrected chi connectivity index (χ2v) is 7.17. The molecule has 1 aliphatic heterocycles. The van der Waals surface area contributed by atoms with E-state index in [0.717, 1.165) is 12.8 Å². The van der Waals surface area contributed by atoms with Crippen LogP contribution in [0.4, 0.5) is 0 Å². The van der Waals surface area contributed by atoms with E-state index < -0.39 is 0 Å². The van der Waals surface area contributed by atoms with Gasteiger partial charge in [-0.25, -0.2) is 0 Å². The van der Waals surface area contributed by atoms with E-state index in [9.17, 15) is 5.11 Å². The number of phenolic OH excluding ortho intramolecular Hbond substituents is 1. The third kappa shape index (κ3) is 3.39. The van der Waals surface area contributed by atoms with Crippen molar-refractivity contribution in [2.45, 2.75) is 44.0 Å². The molecule has 2 rings (SSSR count). The lowest BCUT2D eigenvalue weighted by molar-refractivity contribution is 0.367. The molecule has 1 fully saturated rings. The number of rotatable bonds is 3. The molecule has 94 valence electrons. The van der Waals surface area contributed by atoms with Crippen LogP contribution in [0, 0.1) is 0 Å². The van der Waals surface area contributed by atoms with Crippen molar-refractivity contribution in [2.24, 2.45) is 0 Å². The highest BCUT2D eigenvalue weighted by molar-refractivity contribution is 8.00. The highest BCUT2D eigenvalue weighted by Crippen LogP contribution is 2.38. The molecule has 0 amide bonds. The first-order valence-corrected chi connectivity index (χ1v) is 7.08. The second-order valence-electron chi connectivity index (χ2n) is 5.69. The molecule has 1 atom stereocenters. The largest absolute Gasteiger partial charge is 0.508 e. The lowest BCUT2D eigenvalue weighted by Crippen LogP contribution is -2.45. The van der Waals surface area contributed by atoms with Gasteiger partial charge in [-0.05, 0) is 51.3 Å². The van der Waals surface area contributed by atoms with Crippen molar-refractivity contribution in [3.05, 3.63) is 29.8 Å². The van der Waals surface area contributed by atoms with Gasteiger partial charge in [0.2, 0.25) is 0 Å². The number of benzene rings is 1. The van der Waals surface area contributed by atoms with E-state index in [4.69, 9.17) is 0 Å². The summed E-state index contributed by atoms with van der Waals surface area (Å²) in [6.45, 7) is 6.80. The Kier molecular flexibility index (Phi) is 3.41. The van der Waals surface area contributed by atoms with E-state index >= 15 is 0 Å². The van der Waals surface area contributed by atoms with Crippen LogP contribution in [-0.4, -0.2) is 21.3 Å². The highest BCUT2D eigenvalue weighted by atomic mass is 32.2. The Morgan fingerprint density at radius 2 is 1.88 bits per heavy atom. The Hall–Kier alpha value is -0.670. The first kappa shape index (κ1) is 12.8. The average Bonchev–Trinajstić information content (AvgIpc) is 2.53. The first-order chi connectivity index (χ1) is 7.89. The van der Waals surface area contributed by atoms with Gasteiger partial charge in [-0.2, -0.15) is 0 Å². The van der Waals surface area contributed by atoms with Crippen molar-refractivity contribution in [1.29, 1.82) is 0 Å². The van der Waals surface area contributed by atoms with Crippen molar-refractivity contribution in [3.63, 3.8) is 0 Å². The molecule has 2 N–H and O–H groups in total. The molecule has 0 spiro atoms. The second kappa shape index (κ2) is 4.54. The predicted octanol–water partition coefficient (Wildman–Crippen LogP) is 3.16. The van der Waals surface area contributed by atoms with E-state index in [1.165, 1.54) is 11.3 Å². The Bertz CT molecular complexity index is 388. The number of phenols is 1. The van der Waals surface area contributed by atoms with E-state index in [0.29, 0.717) is 5.75 Å². The van der Waals surface area contributed by atoms with Gasteiger partial charge in [-0.3, -0.25) is 5.32 Å². The number of aromatic hydroxyl groups is 1. The van der Waals surface area contributed by atoms with Crippen LogP contribution in [0.25, 0.3) is 0 Å². The molecule has 1 aromatic rings. The van der Waals surface area contributed by atoms with Crippen molar-refractivity contribution < 1.29 is 5.11 Å². The van der Waals surface area contributed by atoms with Crippen LogP contribution in [0.3, 0.4) is 0 Å². The van der Waals surface area contributed by atoms with Crippen LogP contribution in [0.15, 0.2) is 24.3 Å². The number of nitrogens with one attached hydrogen (secondary N) is 1. The van der Waals surface area contributed by atoms with Crippen LogP contribution in [-0.2, 0) is 6.42 Å². The van der Waals surface area contributed by atoms with Gasteiger partial charge in [0.05, 0.1) is 4.87 Å². The van der Waals surface area contributed by atoms with Gasteiger partial charge in [-0.1, -0.05) is 12.1 Å². The molecule has 0 aromatic heterocycles. The third-order valence-corrected chi connectivity index (χ3v) is 4.99. The first-order valence-electron chi connectivity index (χ1n) is 6.10. The minimum absolute atomic E-state index is 0.182. The maximum absolute atomic E-state index is 9.24. The summed E-state index contributed by atoms with van der Waals surface area (Å²) in [6.07, 6.45) is 2.17. The summed E-state index contributed by atoms with van der Waals surface area (Å²) in [5.41, 5.74) is 1.53. The molecule has 0 bridgehead atoms. The fourth-order valence-electron chi connectivity index (χ4n) is 2.31. The molecule has 1 aliphatic rings. The summed E-state index contributed by atoms with van der Waals surface area (Å²) in [6, 6.07) is 7.53. The van der Waals surface area contributed by atoms with Crippen molar-refractivity contribution >= 4 is 11.8 Å². The summed E-state index contributed by atoms with van der Waals surface area (Å²) in [7, 11) is 0. The van der Waals surface area contributed by atoms with Crippen LogP contribution in [0.5, 0.6) is 5.75 Å². The zero-order chi connectivity index (χ0) is 12.5. The molecule has 17 heavy (non-hydrogen) atoms. The summed E-state index contributed by atoms with van der Waals surface area (Å²) < 4.78 is 0. The topological polar surface area (TPSA) is 32.3 Å². The molecular formula is C14H21NOS. The van der Waals surface area contributed by atoms with Crippen molar-refractivity contribution in [1.82, 2.24) is 5.32 Å². The maximum Gasteiger partial charge on any atom is 0.115 e. The number of aryl methyl sites for hydroxylation is 1. The van der Waals surface area contributed by atoms with E-state index in [1.807, 2.05) is 23.9 Å². The van der Waals surface area contributed by atoms with Gasteiger partial charge in [0.25, 0.3) is 0 Å². The molecule has 0 radical (unpaired) electrons. The molecule has 2 nitrogen and oxygen atoms in total. The predicted molar refractivity (Wildman–Crippen MR) is 74.5 cm³/mol. The van der Waals surface area contributed by atoms with Crippen LogP contribution < -0.4 is 5.32 Å². The van der Waals surface area contributed by atoms with Gasteiger partial charge in [0.15, 0.2) is 0 Å². The molecule has 0 saturated carbocycles. The molecule has 1 heterocycles. The molecule has 3 heteroatoms. The SMILES string of the molecule is CC1(C)CSC(C)(CCc2ccc(O)cc2)N1. The van der Waals surface area contributed by atoms with Gasteiger partial charge < -0.3 is 5.11 Å². The third-order valence-electron chi connectivity index (χ3n) is 3.18. The number of thioether (sulfide) groups is 1. The normalized spacial score (nSPS) is 27.2. The maximum atomic E-state index is 9.24. The fourth-order valence-corrected chi connectivity index (χ4v) is 3.65. The fraction of sp³-hybridized carbons (Fsp3) is 0.571. The molecule has 1 unspecified atom stereocenters. The van der Waals surface area contributed by atoms with E-state index in [2.05, 4.69) is 26.1 Å². The lowest BCUT2D eigenvalue weighted by atomic mass is 10.0. The van der Waals surface area contributed by atoms with Crippen molar-refractivity contribution in [3.8, 4) is 5.75 Å². The number of hydrogen-bond donors (Lipinski definition) is 2. The molecular weight excluding hydrogens is 230 g/mol. The summed E-state index contributed by atoms with van der Waals surface area (Å²) in [5, 5.41) is 12.9. The Morgan fingerprint density at radius 1 is 1.24 bits per heavy atom. The average molecular weight is 251 g/mol. The van der Waals surface area contributed by atoms with Crippen molar-refractivity contribution in [2.75, 3.05) is 5.75 Å². The summed E-state index contributed by atoms with van der Waals surface area (Å²) in [4.78, 5) is 0.182. The lowest BCUT2D eigenvalue weighted by Gasteiger charge is -2.27. The van der Waals surface area contributed by atoms with Gasteiger partial charge >= 0.3 is 0 Å². The molecule has 0 aliphatic carbocycles. The monoisotopic (exact) mass is 251 g/mol. The quantitative estimate of drug-likeness (QED) is 0.865. The summed E-state index contributed by atoms with van der Waals surface area (Å²) >= 11 is 2.01. The zero-order valence-corrected chi connectivity index (χ0v) is 11.6. The van der Waals surface area contributed by atoms with Crippen LogP contribution >= 0.6 is 11.8 Å². The Morgan fingerprint density at radius 3 is 2.41 bits per heavy atom. The highest BCUT2D eigenvalue weighted by Gasteiger charge is 2.38. The van der Waals surface area contributed by atoms with Gasteiger partial charge in [0.1, 0.15) is 5.75 Å². The van der Waals surface area contributed by atoms with E-state index in [-0.39, 0.29) is 10.4 Å². The van der Waals surface area contributed by atoms with Crippen LogP contribution in [0.2, 0.25) is 0 Å². The van der Waals surface area contributed by atoms with E-state index in [1.54, 1.807) is 12.1 Å². The smallest absolute Gasteiger partial charge is 0.115 e. The minimum Gasteiger partial charge on any atom is -0.508 e. The minimum atomic E-state index is 0.182. The summed E-state index contributed by atoms with van der Waals surface area (Å²) in [5.74, 6) is 1.51. The zero-order valence-electron chi connectivity index (χ0n) is 10.8. The van der Waals surface area contributed by atoms with Crippen LogP contribution in [0.1, 0.15) is 32.8 Å².